The number of nitrogens with zero attached hydrogens (tertiary/aromatic N) is 2. The number of primary amides is 1. The average Bonchev–Trinajstić information content (AvgIpc) is 1.62. The third-order valence-corrected chi connectivity index (χ3v) is 15.7. The molecule has 0 unspecified atom stereocenters. The normalized spacial score (nSPS) is 21.3. The lowest BCUT2D eigenvalue weighted by molar-refractivity contribution is -0.143. The molecule has 28 heteroatoms. The Morgan fingerprint density at radius 2 is 1.37 bits per heavy atom. The quantitative estimate of drug-likeness (QED) is 0.0161. The second-order valence-electron chi connectivity index (χ2n) is 24.3. The van der Waals surface area contributed by atoms with E-state index < -0.39 is 54.0 Å². The van der Waals surface area contributed by atoms with Crippen molar-refractivity contribution in [3.63, 3.8) is 0 Å². The van der Waals surface area contributed by atoms with Gasteiger partial charge in [-0.25, -0.2) is 9.59 Å². The molecule has 1 aromatic carbocycles. The lowest BCUT2D eigenvalue weighted by Gasteiger charge is -2.39. The van der Waals surface area contributed by atoms with Crippen LogP contribution >= 0.6 is 0 Å². The molecule has 94 heavy (non-hydrogen) atoms. The summed E-state index contributed by atoms with van der Waals surface area (Å²) in [7, 11) is 3.27. The van der Waals surface area contributed by atoms with Crippen molar-refractivity contribution in [2.45, 2.75) is 161 Å². The van der Waals surface area contributed by atoms with Crippen LogP contribution in [-0.2, 0) is 87.5 Å². The molecule has 9 N–H and O–H groups in total. The number of epoxide rings is 1. The van der Waals surface area contributed by atoms with Gasteiger partial charge in [-0.15, -0.1) is 0 Å². The van der Waals surface area contributed by atoms with Crippen molar-refractivity contribution in [3.05, 3.63) is 65.8 Å². The summed E-state index contributed by atoms with van der Waals surface area (Å²) < 4.78 is 62.0. The molecular formula is C66H107N9O19. The maximum Gasteiger partial charge on any atom is 0.409 e. The van der Waals surface area contributed by atoms with Crippen LogP contribution in [0.1, 0.15) is 105 Å². The number of amides is 8. The van der Waals surface area contributed by atoms with Crippen LogP contribution in [0.15, 0.2) is 60.2 Å². The molecule has 3 aliphatic rings. The van der Waals surface area contributed by atoms with Gasteiger partial charge < -0.3 is 100.0 Å². The molecule has 1 aromatic rings. The van der Waals surface area contributed by atoms with Crippen LogP contribution in [0.2, 0.25) is 0 Å². The number of benzene rings is 1. The minimum absolute atomic E-state index is 0.0200. The fraction of sp³-hybridized carbons (Fsp3) is 0.697. The fourth-order valence-corrected chi connectivity index (χ4v) is 10.2. The lowest BCUT2D eigenvalue weighted by Crippen LogP contribution is -2.54. The van der Waals surface area contributed by atoms with E-state index in [-0.39, 0.29) is 118 Å². The van der Waals surface area contributed by atoms with E-state index in [1.165, 1.54) is 17.9 Å². The van der Waals surface area contributed by atoms with E-state index in [0.29, 0.717) is 116 Å². The summed E-state index contributed by atoms with van der Waals surface area (Å²) in [5.74, 6) is -2.52. The summed E-state index contributed by atoms with van der Waals surface area (Å²) in [6.45, 7) is 18.8. The van der Waals surface area contributed by atoms with Gasteiger partial charge in [0.15, 0.2) is 0 Å². The molecule has 1 spiro atoms. The molecule has 10 atom stereocenters. The highest BCUT2D eigenvalue weighted by atomic mass is 16.6. The van der Waals surface area contributed by atoms with Crippen molar-refractivity contribution in [2.75, 3.05) is 131 Å². The number of ether oxygens (including phenoxy) is 11. The van der Waals surface area contributed by atoms with Crippen molar-refractivity contribution in [2.24, 2.45) is 23.3 Å². The zero-order valence-corrected chi connectivity index (χ0v) is 56.7. The van der Waals surface area contributed by atoms with Gasteiger partial charge in [0.2, 0.25) is 29.5 Å². The highest BCUT2D eigenvalue weighted by Gasteiger charge is 2.51. The minimum atomic E-state index is -1.06. The van der Waals surface area contributed by atoms with E-state index in [1.807, 2.05) is 26.0 Å². The molecule has 4 rings (SSSR count). The molecule has 3 fully saturated rings. The average molecular weight is 1330 g/mol. The van der Waals surface area contributed by atoms with Crippen LogP contribution in [0.25, 0.3) is 0 Å². The standard InChI is InChI=1S/C66H107N9O19/c1-45(2)61(73-59(78)22-27-84-29-31-86-33-35-88-37-38-89-36-34-87-32-30-85-28-23-67)63(81)72-55(11-10-24-69-64(68)82)62(80)70-52-17-15-51(16-18-52)43-90-65(83)75(9)26-25-74(8)60(79)40-54-42-66(44-91-66)41-53(94-54)19-12-46(3)13-20-57-47(4)39-56(49(6)93-57)71-58(77)21-14-48(5)92-50(7)76/h12-19,21,45,47-49,53-57,61H,10-11,20,22-44,67H2,1-9H3,(H,70,80)(H,71,77)(H,72,81)(H,73,78)(H3,68,69,82)/b19-12+,21-14-,46-13+/t47-,48-,49+,53+,54+,55-,56+,57-,61-,66+/m0/s1. The summed E-state index contributed by atoms with van der Waals surface area (Å²) >= 11 is 0. The first kappa shape index (κ1) is 79.8. The number of urea groups is 1. The molecule has 530 valence electrons. The summed E-state index contributed by atoms with van der Waals surface area (Å²) in [5, 5.41) is 13.8. The zero-order valence-electron chi connectivity index (χ0n) is 56.7. The monoisotopic (exact) mass is 1330 g/mol. The van der Waals surface area contributed by atoms with E-state index in [2.05, 4.69) is 39.6 Å². The SMILES string of the molecule is CC(=O)O[C@@H](C)/C=C\C(=O)N[C@@H]1C[C@H](C)[C@H](C/C=C(C)/C=C/[C@@H]2C[C@]3(CO3)C[C@@H](CC(=O)N(C)CCN(C)C(=O)OCc3ccc(NC(=O)[C@H](CCCNC(N)=O)NC(=O)[C@@H](NC(=O)CCOCCOCCOCCOCCOCCOCCN)C(C)C)cc3)O2)O[C@@H]1C. The van der Waals surface area contributed by atoms with Crippen molar-refractivity contribution < 1.29 is 90.5 Å². The van der Waals surface area contributed by atoms with Crippen LogP contribution in [0.5, 0.6) is 0 Å². The number of rotatable bonds is 45. The third-order valence-electron chi connectivity index (χ3n) is 15.7. The predicted molar refractivity (Wildman–Crippen MR) is 349 cm³/mol. The summed E-state index contributed by atoms with van der Waals surface area (Å²) in [6, 6.07) is 3.67. The molecule has 0 radical (unpaired) electrons. The molecule has 8 amide bonds. The third kappa shape index (κ3) is 33.2. The zero-order chi connectivity index (χ0) is 68.8. The molecule has 0 saturated carbocycles. The molecule has 0 aromatic heterocycles. The lowest BCUT2D eigenvalue weighted by atomic mass is 9.88. The van der Waals surface area contributed by atoms with Gasteiger partial charge in [-0.2, -0.15) is 0 Å². The van der Waals surface area contributed by atoms with Gasteiger partial charge in [-0.3, -0.25) is 28.8 Å². The van der Waals surface area contributed by atoms with Gasteiger partial charge in [0.25, 0.3) is 0 Å². The fourth-order valence-electron chi connectivity index (χ4n) is 10.2. The molecule has 0 aliphatic carbocycles. The second kappa shape index (κ2) is 44.2. The molecule has 0 bridgehead atoms. The number of anilines is 1. The number of carbonyl (C=O) groups is 8. The highest BCUT2D eigenvalue weighted by molar-refractivity contribution is 5.98. The van der Waals surface area contributed by atoms with Crippen LogP contribution in [-0.4, -0.2) is 238 Å². The highest BCUT2D eigenvalue weighted by Crippen LogP contribution is 2.43. The summed E-state index contributed by atoms with van der Waals surface area (Å²) in [5.41, 5.74) is 12.4. The maximum absolute atomic E-state index is 13.7. The number of carbonyl (C=O) groups excluding carboxylic acids is 8. The largest absolute Gasteiger partial charge is 0.459 e. The topological polar surface area (TPSA) is 360 Å². The number of esters is 1. The molecule has 3 saturated heterocycles. The van der Waals surface area contributed by atoms with Gasteiger partial charge in [0, 0.05) is 78.2 Å². The van der Waals surface area contributed by atoms with Crippen LogP contribution in [0, 0.1) is 11.8 Å². The van der Waals surface area contributed by atoms with Gasteiger partial charge in [0.05, 0.1) is 128 Å². The molecule has 3 aliphatic heterocycles. The Hall–Kier alpha value is -6.60. The van der Waals surface area contributed by atoms with Crippen LogP contribution in [0.3, 0.4) is 0 Å². The number of allylic oxidation sites excluding steroid dienone is 2. The Morgan fingerprint density at radius 1 is 0.766 bits per heavy atom. The first-order valence-corrected chi connectivity index (χ1v) is 32.7. The van der Waals surface area contributed by atoms with Gasteiger partial charge in [0.1, 0.15) is 24.8 Å². The van der Waals surface area contributed by atoms with Gasteiger partial charge >= 0.3 is 18.1 Å². The number of likely N-dealkylation sites (N-methyl/N-ethyl adjacent to an activating group) is 2. The Bertz CT molecular complexity index is 2570. The summed E-state index contributed by atoms with van der Waals surface area (Å²) in [6.07, 6.45) is 10.4. The molecule has 3 heterocycles. The van der Waals surface area contributed by atoms with E-state index >= 15 is 0 Å². The Morgan fingerprint density at radius 3 is 1.96 bits per heavy atom. The number of hydrogen-bond donors (Lipinski definition) is 7. The predicted octanol–water partition coefficient (Wildman–Crippen LogP) is 3.58. The van der Waals surface area contributed by atoms with Crippen molar-refractivity contribution in [1.82, 2.24) is 31.1 Å². The van der Waals surface area contributed by atoms with Crippen molar-refractivity contribution in [1.29, 1.82) is 0 Å². The molecular weight excluding hydrogens is 1220 g/mol. The van der Waals surface area contributed by atoms with E-state index in [1.54, 1.807) is 70.1 Å². The Labute approximate surface area is 554 Å². The smallest absolute Gasteiger partial charge is 0.409 e. The Kier molecular flexibility index (Phi) is 37.5. The second-order valence-corrected chi connectivity index (χ2v) is 24.3. The van der Waals surface area contributed by atoms with Crippen molar-refractivity contribution >= 4 is 53.3 Å². The van der Waals surface area contributed by atoms with Gasteiger partial charge in [-0.05, 0) is 82.1 Å². The first-order chi connectivity index (χ1) is 45.0. The molecule has 28 nitrogen and oxygen atoms in total. The Balaban J connectivity index is 1.14. The van der Waals surface area contributed by atoms with Gasteiger partial charge in [-0.1, -0.05) is 56.7 Å². The first-order valence-electron chi connectivity index (χ1n) is 32.7. The summed E-state index contributed by atoms with van der Waals surface area (Å²) in [4.78, 5) is 105. The number of nitrogens with two attached hydrogens (primary N) is 2. The van der Waals surface area contributed by atoms with E-state index in [4.69, 9.17) is 63.6 Å². The van der Waals surface area contributed by atoms with Crippen LogP contribution in [0.4, 0.5) is 15.3 Å². The van der Waals surface area contributed by atoms with E-state index in [0.717, 1.165) is 12.0 Å². The minimum Gasteiger partial charge on any atom is -0.459 e. The number of hydrogen-bond acceptors (Lipinski definition) is 20. The number of nitrogens with one attached hydrogen (secondary N) is 5. The van der Waals surface area contributed by atoms with Crippen molar-refractivity contribution in [3.8, 4) is 0 Å². The van der Waals surface area contributed by atoms with E-state index in [9.17, 15) is 38.4 Å². The maximum atomic E-state index is 13.7. The van der Waals surface area contributed by atoms with Crippen LogP contribution < -0.4 is 38.1 Å².